The first-order valence-electron chi connectivity index (χ1n) is 7.92. The lowest BCUT2D eigenvalue weighted by Crippen LogP contribution is -2.31. The van der Waals surface area contributed by atoms with E-state index in [0.29, 0.717) is 9.99 Å². The molecule has 0 aliphatic carbocycles. The molecule has 1 unspecified atom stereocenters. The highest BCUT2D eigenvalue weighted by atomic mass is 35.5. The zero-order valence-corrected chi connectivity index (χ0v) is 15.8. The van der Waals surface area contributed by atoms with E-state index in [9.17, 15) is 18.0 Å². The Morgan fingerprint density at radius 2 is 1.85 bits per heavy atom. The predicted octanol–water partition coefficient (Wildman–Crippen LogP) is 2.93. The maximum Gasteiger partial charge on any atom is 0.258 e. The van der Waals surface area contributed by atoms with Gasteiger partial charge in [-0.15, -0.1) is 0 Å². The number of amides is 2. The molecule has 0 N–H and O–H groups in total. The molecule has 8 heteroatoms. The Kier molecular flexibility index (Phi) is 4.77. The second-order valence-corrected chi connectivity index (χ2v) is 8.42. The summed E-state index contributed by atoms with van der Waals surface area (Å²) < 4.78 is 25.4. The normalized spacial score (nSPS) is 18.8. The lowest BCUT2D eigenvalue weighted by molar-refractivity contribution is -0.119. The van der Waals surface area contributed by atoms with Gasteiger partial charge in [-0.25, -0.2) is 12.7 Å². The smallest absolute Gasteiger partial charge is 0.258 e. The van der Waals surface area contributed by atoms with Crippen LogP contribution >= 0.6 is 11.6 Å². The number of sulfonamides is 1. The largest absolute Gasteiger partial charge is 0.311 e. The highest BCUT2D eigenvalue weighted by molar-refractivity contribution is 7.94. The molecule has 1 aliphatic heterocycles. The van der Waals surface area contributed by atoms with E-state index < -0.39 is 21.8 Å². The number of nitrogens with zero attached hydrogens (tertiary/aromatic N) is 2. The zero-order valence-electron chi connectivity index (χ0n) is 14.2. The van der Waals surface area contributed by atoms with Gasteiger partial charge >= 0.3 is 0 Å². The molecule has 0 radical (unpaired) electrons. The molecule has 3 rings (SSSR count). The van der Waals surface area contributed by atoms with Crippen LogP contribution in [-0.4, -0.2) is 33.0 Å². The van der Waals surface area contributed by atoms with Crippen molar-refractivity contribution in [2.24, 2.45) is 5.92 Å². The number of halogens is 1. The fourth-order valence-electron chi connectivity index (χ4n) is 2.83. The van der Waals surface area contributed by atoms with Crippen molar-refractivity contribution in [3.63, 3.8) is 0 Å². The lowest BCUT2D eigenvalue weighted by atomic mass is 10.1. The molecule has 1 heterocycles. The SMILES string of the molecule is CC1CS(=O)(=O)N(c2cc(C(=O)N(C)c3ccccc3)ccc2Cl)C1=O. The second-order valence-electron chi connectivity index (χ2n) is 6.15. The van der Waals surface area contributed by atoms with Gasteiger partial charge in [0.25, 0.3) is 5.91 Å². The molecule has 0 aromatic heterocycles. The fraction of sp³-hybridized carbons (Fsp3) is 0.222. The number of hydrogen-bond acceptors (Lipinski definition) is 4. The van der Waals surface area contributed by atoms with Crippen LogP contribution in [0.25, 0.3) is 0 Å². The number of anilines is 2. The molecule has 1 saturated heterocycles. The minimum atomic E-state index is -3.80. The number of benzene rings is 2. The van der Waals surface area contributed by atoms with E-state index in [1.165, 1.54) is 23.1 Å². The Morgan fingerprint density at radius 3 is 2.42 bits per heavy atom. The summed E-state index contributed by atoms with van der Waals surface area (Å²) in [6, 6.07) is 13.3. The molecular weight excluding hydrogens is 376 g/mol. The summed E-state index contributed by atoms with van der Waals surface area (Å²) in [5, 5.41) is 0.0925. The van der Waals surface area contributed by atoms with E-state index >= 15 is 0 Å². The number of carbonyl (C=O) groups excluding carboxylic acids is 2. The van der Waals surface area contributed by atoms with Gasteiger partial charge in [-0.1, -0.05) is 36.7 Å². The molecule has 1 fully saturated rings. The average Bonchev–Trinajstić information content (AvgIpc) is 2.82. The van der Waals surface area contributed by atoms with Crippen LogP contribution in [0.1, 0.15) is 17.3 Å². The van der Waals surface area contributed by atoms with Gasteiger partial charge in [-0.2, -0.15) is 0 Å². The Bertz CT molecular complexity index is 976. The minimum Gasteiger partial charge on any atom is -0.311 e. The van der Waals surface area contributed by atoms with E-state index in [1.807, 2.05) is 18.2 Å². The first-order valence-corrected chi connectivity index (χ1v) is 9.90. The van der Waals surface area contributed by atoms with Gasteiger partial charge in [0, 0.05) is 18.3 Å². The van der Waals surface area contributed by atoms with Crippen molar-refractivity contribution < 1.29 is 18.0 Å². The molecule has 1 aliphatic rings. The maximum atomic E-state index is 12.8. The molecular formula is C18H17ClN2O4S. The second kappa shape index (κ2) is 6.74. The summed E-state index contributed by atoms with van der Waals surface area (Å²) in [6.45, 7) is 1.55. The van der Waals surface area contributed by atoms with Crippen molar-refractivity contribution >= 4 is 44.8 Å². The summed E-state index contributed by atoms with van der Waals surface area (Å²) in [6.07, 6.45) is 0. The third-order valence-corrected chi connectivity index (χ3v) is 6.39. The van der Waals surface area contributed by atoms with Crippen LogP contribution in [0.2, 0.25) is 5.02 Å². The van der Waals surface area contributed by atoms with Crippen LogP contribution in [0.15, 0.2) is 48.5 Å². The van der Waals surface area contributed by atoms with Gasteiger partial charge < -0.3 is 4.90 Å². The van der Waals surface area contributed by atoms with Crippen LogP contribution in [0, 0.1) is 5.92 Å². The number of hydrogen-bond donors (Lipinski definition) is 0. The highest BCUT2D eigenvalue weighted by Crippen LogP contribution is 2.34. The quantitative estimate of drug-likeness (QED) is 0.804. The van der Waals surface area contributed by atoms with E-state index in [-0.39, 0.29) is 27.9 Å². The Balaban J connectivity index is 2.01. The van der Waals surface area contributed by atoms with Crippen LogP contribution in [-0.2, 0) is 14.8 Å². The van der Waals surface area contributed by atoms with Crippen molar-refractivity contribution in [2.45, 2.75) is 6.92 Å². The van der Waals surface area contributed by atoms with Crippen LogP contribution in [0.4, 0.5) is 11.4 Å². The van der Waals surface area contributed by atoms with E-state index in [0.717, 1.165) is 0 Å². The Hall–Kier alpha value is -2.38. The predicted molar refractivity (Wildman–Crippen MR) is 101 cm³/mol. The standard InChI is InChI=1S/C18H17ClN2O4S/c1-12-11-26(24,25)21(17(12)22)16-10-13(8-9-15(16)19)18(23)20(2)14-6-4-3-5-7-14/h3-10,12H,11H2,1-2H3. The number of rotatable bonds is 3. The average molecular weight is 393 g/mol. The van der Waals surface area contributed by atoms with Gasteiger partial charge in [0.1, 0.15) is 0 Å². The molecule has 2 amide bonds. The van der Waals surface area contributed by atoms with Crippen molar-refractivity contribution in [1.29, 1.82) is 0 Å². The highest BCUT2D eigenvalue weighted by Gasteiger charge is 2.43. The van der Waals surface area contributed by atoms with Gasteiger partial charge in [0.15, 0.2) is 0 Å². The Morgan fingerprint density at radius 1 is 1.19 bits per heavy atom. The van der Waals surface area contributed by atoms with Crippen molar-refractivity contribution in [3.05, 3.63) is 59.1 Å². The first-order chi connectivity index (χ1) is 12.2. The lowest BCUT2D eigenvalue weighted by Gasteiger charge is -2.20. The van der Waals surface area contributed by atoms with E-state index in [2.05, 4.69) is 0 Å². The van der Waals surface area contributed by atoms with E-state index in [4.69, 9.17) is 11.6 Å². The zero-order chi connectivity index (χ0) is 19.1. The molecule has 26 heavy (non-hydrogen) atoms. The minimum absolute atomic E-state index is 0.00771. The summed E-state index contributed by atoms with van der Waals surface area (Å²) in [5.74, 6) is -1.81. The monoisotopic (exact) mass is 392 g/mol. The summed E-state index contributed by atoms with van der Waals surface area (Å²) in [5.41, 5.74) is 0.930. The summed E-state index contributed by atoms with van der Waals surface area (Å²) in [7, 11) is -2.18. The first kappa shape index (κ1) is 18.4. The van der Waals surface area contributed by atoms with Crippen LogP contribution in [0.5, 0.6) is 0 Å². The third kappa shape index (κ3) is 3.20. The molecule has 2 aromatic carbocycles. The van der Waals surface area contributed by atoms with Crippen molar-refractivity contribution in [2.75, 3.05) is 22.0 Å². The number of carbonyl (C=O) groups is 2. The van der Waals surface area contributed by atoms with Crippen molar-refractivity contribution in [3.8, 4) is 0 Å². The van der Waals surface area contributed by atoms with Gasteiger partial charge in [-0.3, -0.25) is 9.59 Å². The molecule has 6 nitrogen and oxygen atoms in total. The molecule has 0 saturated carbocycles. The van der Waals surface area contributed by atoms with Crippen LogP contribution in [0.3, 0.4) is 0 Å². The number of para-hydroxylation sites is 1. The maximum absolute atomic E-state index is 12.8. The van der Waals surface area contributed by atoms with E-state index in [1.54, 1.807) is 26.1 Å². The summed E-state index contributed by atoms with van der Waals surface area (Å²) in [4.78, 5) is 26.5. The fourth-order valence-corrected chi connectivity index (χ4v) is 4.91. The van der Waals surface area contributed by atoms with Crippen LogP contribution < -0.4 is 9.21 Å². The molecule has 2 aromatic rings. The molecule has 1 atom stereocenters. The molecule has 0 spiro atoms. The Labute approximate surface area is 157 Å². The van der Waals surface area contributed by atoms with Gasteiger partial charge in [-0.05, 0) is 30.3 Å². The van der Waals surface area contributed by atoms with Crippen molar-refractivity contribution in [1.82, 2.24) is 0 Å². The topological polar surface area (TPSA) is 74.8 Å². The van der Waals surface area contributed by atoms with Gasteiger partial charge in [0.2, 0.25) is 15.9 Å². The molecule has 0 bridgehead atoms. The van der Waals surface area contributed by atoms with Gasteiger partial charge in [0.05, 0.1) is 22.4 Å². The third-order valence-electron chi connectivity index (χ3n) is 4.22. The summed E-state index contributed by atoms with van der Waals surface area (Å²) >= 11 is 6.13. The molecule has 136 valence electrons.